The molecule has 0 radical (unpaired) electrons. The fraction of sp³-hybridized carbons (Fsp3) is 0.480. The molecule has 3 rings (SSSR count). The predicted octanol–water partition coefficient (Wildman–Crippen LogP) is 3.89. The molecule has 1 aliphatic carbocycles. The number of hydrogen-bond acceptors (Lipinski definition) is 3. The number of pyridine rings is 1. The lowest BCUT2D eigenvalue weighted by molar-refractivity contribution is -0.132. The topological polar surface area (TPSA) is 71.1 Å². The van der Waals surface area contributed by atoms with Gasteiger partial charge in [0.25, 0.3) is 0 Å². The molecule has 1 aromatic carbocycles. The molecule has 160 valence electrons. The van der Waals surface area contributed by atoms with Gasteiger partial charge in [0.15, 0.2) is 0 Å². The zero-order chi connectivity index (χ0) is 21.3. The van der Waals surface area contributed by atoms with Crippen molar-refractivity contribution in [3.05, 3.63) is 66.0 Å². The van der Waals surface area contributed by atoms with Crippen molar-refractivity contribution in [3.8, 4) is 0 Å². The monoisotopic (exact) mass is 407 g/mol. The molecule has 0 saturated heterocycles. The lowest BCUT2D eigenvalue weighted by atomic mass is 9.76. The molecule has 1 atom stereocenters. The summed E-state index contributed by atoms with van der Waals surface area (Å²) in [6, 6.07) is 13.0. The van der Waals surface area contributed by atoms with Crippen molar-refractivity contribution in [2.24, 2.45) is 17.8 Å². The fourth-order valence-electron chi connectivity index (χ4n) is 4.21. The molecule has 0 bridgehead atoms. The van der Waals surface area contributed by atoms with Gasteiger partial charge in [0, 0.05) is 31.3 Å². The molecule has 1 fully saturated rings. The summed E-state index contributed by atoms with van der Waals surface area (Å²) in [6.45, 7) is 4.91. The van der Waals surface area contributed by atoms with Crippen LogP contribution in [-0.4, -0.2) is 22.8 Å². The van der Waals surface area contributed by atoms with Crippen LogP contribution in [0.5, 0.6) is 0 Å². The normalized spacial score (nSPS) is 19.8. The quantitative estimate of drug-likeness (QED) is 0.697. The van der Waals surface area contributed by atoms with Crippen molar-refractivity contribution in [2.75, 3.05) is 0 Å². The van der Waals surface area contributed by atoms with Crippen LogP contribution in [0.1, 0.15) is 50.7 Å². The Hall–Kier alpha value is -2.69. The maximum Gasteiger partial charge on any atom is 0.243 e. The van der Waals surface area contributed by atoms with Gasteiger partial charge in [0.2, 0.25) is 11.8 Å². The van der Waals surface area contributed by atoms with Gasteiger partial charge in [0.05, 0.1) is 0 Å². The Balaban J connectivity index is 1.62. The molecule has 1 aliphatic rings. The molecule has 5 nitrogen and oxygen atoms in total. The summed E-state index contributed by atoms with van der Waals surface area (Å²) in [5.41, 5.74) is 1.96. The summed E-state index contributed by atoms with van der Waals surface area (Å²) in [4.78, 5) is 30.0. The standard InChI is InChI=1S/C25H33N3O2/c1-18(2)21-10-12-22(13-11-21)24(29)28-23(15-19-7-4-3-5-8-19)25(30)27-17-20-9-6-14-26-16-20/h3-9,14,16,18,21-23H,10-13,15,17H2,1-2H3,(H,27,30)(H,28,29)/t21?,22?,23-/m1/s1. The highest BCUT2D eigenvalue weighted by atomic mass is 16.2. The van der Waals surface area contributed by atoms with Gasteiger partial charge in [-0.25, -0.2) is 0 Å². The first-order chi connectivity index (χ1) is 14.5. The van der Waals surface area contributed by atoms with E-state index in [1.54, 1.807) is 12.4 Å². The van der Waals surface area contributed by atoms with Gasteiger partial charge in [-0.15, -0.1) is 0 Å². The molecule has 2 aromatic rings. The zero-order valence-electron chi connectivity index (χ0n) is 18.0. The molecular formula is C25H33N3O2. The molecule has 30 heavy (non-hydrogen) atoms. The largest absolute Gasteiger partial charge is 0.350 e. The molecule has 0 spiro atoms. The van der Waals surface area contributed by atoms with Crippen LogP contribution >= 0.6 is 0 Å². The average molecular weight is 408 g/mol. The maximum atomic E-state index is 13.0. The second-order valence-corrected chi connectivity index (χ2v) is 8.69. The van der Waals surface area contributed by atoms with E-state index in [-0.39, 0.29) is 17.7 Å². The van der Waals surface area contributed by atoms with Gasteiger partial charge in [0.1, 0.15) is 6.04 Å². The van der Waals surface area contributed by atoms with Crippen LogP contribution in [0.2, 0.25) is 0 Å². The fourth-order valence-corrected chi connectivity index (χ4v) is 4.21. The van der Waals surface area contributed by atoms with Crippen LogP contribution in [-0.2, 0) is 22.6 Å². The van der Waals surface area contributed by atoms with Gasteiger partial charge >= 0.3 is 0 Å². The Morgan fingerprint density at radius 1 is 1.00 bits per heavy atom. The first kappa shape index (κ1) is 22.0. The molecule has 1 saturated carbocycles. The van der Waals surface area contributed by atoms with Gasteiger partial charge in [-0.05, 0) is 54.7 Å². The lowest BCUT2D eigenvalue weighted by Crippen LogP contribution is -2.49. The smallest absolute Gasteiger partial charge is 0.243 e. The second kappa shape index (κ2) is 10.9. The SMILES string of the molecule is CC(C)C1CCC(C(=O)N[C@H](Cc2ccccc2)C(=O)NCc2cccnc2)CC1. The number of amides is 2. The molecule has 2 amide bonds. The molecule has 0 unspecified atom stereocenters. The Bertz CT molecular complexity index is 800. The minimum atomic E-state index is -0.584. The first-order valence-electron chi connectivity index (χ1n) is 11.0. The average Bonchev–Trinajstić information content (AvgIpc) is 2.78. The van der Waals surface area contributed by atoms with Crippen LogP contribution in [0.3, 0.4) is 0 Å². The maximum absolute atomic E-state index is 13.0. The van der Waals surface area contributed by atoms with Gasteiger partial charge in [-0.3, -0.25) is 14.6 Å². The zero-order valence-corrected chi connectivity index (χ0v) is 18.0. The Labute approximate surface area is 179 Å². The second-order valence-electron chi connectivity index (χ2n) is 8.69. The third kappa shape index (κ3) is 6.41. The molecule has 1 aromatic heterocycles. The van der Waals surface area contributed by atoms with E-state index in [1.165, 1.54) is 0 Å². The number of aromatic nitrogens is 1. The van der Waals surface area contributed by atoms with E-state index in [0.717, 1.165) is 36.8 Å². The number of benzene rings is 1. The number of nitrogens with zero attached hydrogens (tertiary/aromatic N) is 1. The minimum absolute atomic E-state index is 0.00407. The number of carbonyl (C=O) groups excluding carboxylic acids is 2. The van der Waals surface area contributed by atoms with E-state index >= 15 is 0 Å². The van der Waals surface area contributed by atoms with Gasteiger partial charge < -0.3 is 10.6 Å². The van der Waals surface area contributed by atoms with Crippen LogP contribution in [0.15, 0.2) is 54.9 Å². The number of rotatable bonds is 8. The summed E-state index contributed by atoms with van der Waals surface area (Å²) >= 11 is 0. The third-order valence-corrected chi connectivity index (χ3v) is 6.19. The number of hydrogen-bond donors (Lipinski definition) is 2. The van der Waals surface area contributed by atoms with Gasteiger partial charge in [-0.2, -0.15) is 0 Å². The number of carbonyl (C=O) groups is 2. The molecule has 5 heteroatoms. The Morgan fingerprint density at radius 2 is 1.70 bits per heavy atom. The van der Waals surface area contributed by atoms with Crippen molar-refractivity contribution in [2.45, 2.75) is 58.5 Å². The van der Waals surface area contributed by atoms with Crippen molar-refractivity contribution in [3.63, 3.8) is 0 Å². The van der Waals surface area contributed by atoms with Crippen molar-refractivity contribution in [1.82, 2.24) is 15.6 Å². The van der Waals surface area contributed by atoms with Crippen LogP contribution in [0.25, 0.3) is 0 Å². The van der Waals surface area contributed by atoms with Crippen molar-refractivity contribution >= 4 is 11.8 Å². The summed E-state index contributed by atoms with van der Waals surface area (Å²) in [6.07, 6.45) is 7.91. The molecule has 0 aliphatic heterocycles. The van der Waals surface area contributed by atoms with E-state index in [2.05, 4.69) is 29.5 Å². The molecular weight excluding hydrogens is 374 g/mol. The Morgan fingerprint density at radius 3 is 2.33 bits per heavy atom. The van der Waals surface area contributed by atoms with Crippen LogP contribution in [0.4, 0.5) is 0 Å². The van der Waals surface area contributed by atoms with E-state index in [4.69, 9.17) is 0 Å². The third-order valence-electron chi connectivity index (χ3n) is 6.19. The molecule has 2 N–H and O–H groups in total. The Kier molecular flexibility index (Phi) is 8.00. The molecule has 1 heterocycles. The van der Waals surface area contributed by atoms with E-state index in [0.29, 0.717) is 24.8 Å². The van der Waals surface area contributed by atoms with E-state index < -0.39 is 6.04 Å². The van der Waals surface area contributed by atoms with Crippen LogP contribution < -0.4 is 10.6 Å². The lowest BCUT2D eigenvalue weighted by Gasteiger charge is -2.31. The summed E-state index contributed by atoms with van der Waals surface area (Å²) in [5.74, 6) is 1.22. The minimum Gasteiger partial charge on any atom is -0.350 e. The highest BCUT2D eigenvalue weighted by Crippen LogP contribution is 2.33. The van der Waals surface area contributed by atoms with Crippen LogP contribution in [0, 0.1) is 17.8 Å². The summed E-state index contributed by atoms with van der Waals surface area (Å²) in [5, 5.41) is 6.00. The van der Waals surface area contributed by atoms with Crippen molar-refractivity contribution < 1.29 is 9.59 Å². The van der Waals surface area contributed by atoms with E-state index in [9.17, 15) is 9.59 Å². The highest BCUT2D eigenvalue weighted by Gasteiger charge is 2.30. The van der Waals surface area contributed by atoms with Crippen molar-refractivity contribution in [1.29, 1.82) is 0 Å². The van der Waals surface area contributed by atoms with E-state index in [1.807, 2.05) is 42.5 Å². The highest BCUT2D eigenvalue weighted by molar-refractivity contribution is 5.88. The first-order valence-corrected chi connectivity index (χ1v) is 11.0. The summed E-state index contributed by atoms with van der Waals surface area (Å²) < 4.78 is 0. The number of nitrogens with one attached hydrogen (secondary N) is 2. The predicted molar refractivity (Wildman–Crippen MR) is 118 cm³/mol. The van der Waals surface area contributed by atoms with Gasteiger partial charge in [-0.1, -0.05) is 50.2 Å². The summed E-state index contributed by atoms with van der Waals surface area (Å²) in [7, 11) is 0.